The van der Waals surface area contributed by atoms with E-state index in [4.69, 9.17) is 0 Å². The third-order valence-corrected chi connectivity index (χ3v) is 4.57. The zero-order valence-corrected chi connectivity index (χ0v) is 12.6. The molecule has 1 atom stereocenters. The van der Waals surface area contributed by atoms with Crippen molar-refractivity contribution in [3.63, 3.8) is 0 Å². The lowest BCUT2D eigenvalue weighted by Gasteiger charge is -2.28. The van der Waals surface area contributed by atoms with Gasteiger partial charge >= 0.3 is 6.03 Å². The summed E-state index contributed by atoms with van der Waals surface area (Å²) in [6, 6.07) is 8.88. The van der Waals surface area contributed by atoms with E-state index in [0.29, 0.717) is 6.54 Å². The third-order valence-electron chi connectivity index (χ3n) is 4.57. The van der Waals surface area contributed by atoms with Crippen LogP contribution in [0.2, 0.25) is 0 Å². The van der Waals surface area contributed by atoms with Gasteiger partial charge in [-0.3, -0.25) is 0 Å². The Kier molecular flexibility index (Phi) is 4.76. The number of urea groups is 1. The van der Waals surface area contributed by atoms with Gasteiger partial charge in [0.15, 0.2) is 0 Å². The molecule has 4 heteroatoms. The van der Waals surface area contributed by atoms with Crippen LogP contribution in [0.5, 0.6) is 0 Å². The summed E-state index contributed by atoms with van der Waals surface area (Å²) in [6.45, 7) is 3.47. The number of rotatable bonds is 2. The highest BCUT2D eigenvalue weighted by Gasteiger charge is 2.21. The Morgan fingerprint density at radius 3 is 2.76 bits per heavy atom. The number of nitrogens with one attached hydrogen (secondary N) is 2. The summed E-state index contributed by atoms with van der Waals surface area (Å²) in [5.74, 6) is 0. The lowest BCUT2D eigenvalue weighted by atomic mass is 9.94. The SMILES string of the molecule is O=C(NCC1NCCc2ccccc21)N1CCCCCC1. The molecule has 0 bridgehead atoms. The zero-order chi connectivity index (χ0) is 14.5. The summed E-state index contributed by atoms with van der Waals surface area (Å²) in [5, 5.41) is 6.63. The Morgan fingerprint density at radius 1 is 1.19 bits per heavy atom. The highest BCUT2D eigenvalue weighted by atomic mass is 16.2. The van der Waals surface area contributed by atoms with Crippen molar-refractivity contribution in [2.75, 3.05) is 26.2 Å². The van der Waals surface area contributed by atoms with E-state index < -0.39 is 0 Å². The number of likely N-dealkylation sites (tertiary alicyclic amines) is 1. The molecule has 2 aliphatic rings. The van der Waals surface area contributed by atoms with Gasteiger partial charge in [-0.2, -0.15) is 0 Å². The Balaban J connectivity index is 1.56. The second-order valence-electron chi connectivity index (χ2n) is 6.04. The molecule has 0 radical (unpaired) electrons. The van der Waals surface area contributed by atoms with Gasteiger partial charge in [0.05, 0.1) is 0 Å². The quantitative estimate of drug-likeness (QED) is 0.877. The lowest BCUT2D eigenvalue weighted by molar-refractivity contribution is 0.198. The normalized spacial score (nSPS) is 22.3. The number of benzene rings is 1. The van der Waals surface area contributed by atoms with Crippen LogP contribution < -0.4 is 10.6 Å². The number of hydrogen-bond donors (Lipinski definition) is 2. The van der Waals surface area contributed by atoms with E-state index >= 15 is 0 Å². The molecule has 114 valence electrons. The summed E-state index contributed by atoms with van der Waals surface area (Å²) in [7, 11) is 0. The molecule has 2 aliphatic heterocycles. The van der Waals surface area contributed by atoms with E-state index in [2.05, 4.69) is 34.9 Å². The van der Waals surface area contributed by atoms with E-state index in [1.807, 2.05) is 4.90 Å². The van der Waals surface area contributed by atoms with E-state index in [1.165, 1.54) is 24.0 Å². The number of nitrogens with zero attached hydrogens (tertiary/aromatic N) is 1. The average molecular weight is 287 g/mol. The van der Waals surface area contributed by atoms with E-state index in [0.717, 1.165) is 38.9 Å². The molecule has 2 heterocycles. The molecule has 1 aromatic rings. The lowest BCUT2D eigenvalue weighted by Crippen LogP contribution is -2.45. The van der Waals surface area contributed by atoms with Gasteiger partial charge in [0, 0.05) is 25.7 Å². The maximum Gasteiger partial charge on any atom is 0.317 e. The third kappa shape index (κ3) is 3.56. The van der Waals surface area contributed by atoms with Crippen molar-refractivity contribution in [3.05, 3.63) is 35.4 Å². The fourth-order valence-electron chi connectivity index (χ4n) is 3.35. The standard InChI is InChI=1S/C17H25N3O/c21-17(20-11-5-1-2-6-12-20)19-13-16-15-8-4-3-7-14(15)9-10-18-16/h3-4,7-8,16,18H,1-2,5-6,9-13H2,(H,19,21). The zero-order valence-electron chi connectivity index (χ0n) is 12.6. The predicted molar refractivity (Wildman–Crippen MR) is 84.3 cm³/mol. The molecule has 4 nitrogen and oxygen atoms in total. The summed E-state index contributed by atoms with van der Waals surface area (Å²) >= 11 is 0. The van der Waals surface area contributed by atoms with Crippen molar-refractivity contribution < 1.29 is 4.79 Å². The maximum atomic E-state index is 12.3. The second-order valence-corrected chi connectivity index (χ2v) is 6.04. The molecular weight excluding hydrogens is 262 g/mol. The number of amides is 2. The van der Waals surface area contributed by atoms with E-state index in [1.54, 1.807) is 0 Å². The van der Waals surface area contributed by atoms with E-state index in [9.17, 15) is 4.79 Å². The highest BCUT2D eigenvalue weighted by Crippen LogP contribution is 2.22. The van der Waals surface area contributed by atoms with Gasteiger partial charge in [-0.1, -0.05) is 37.1 Å². The first-order valence-electron chi connectivity index (χ1n) is 8.18. The topological polar surface area (TPSA) is 44.4 Å². The summed E-state index contributed by atoms with van der Waals surface area (Å²) in [5.41, 5.74) is 2.74. The van der Waals surface area contributed by atoms with Crippen LogP contribution in [-0.2, 0) is 6.42 Å². The minimum atomic E-state index is 0.0988. The number of carbonyl (C=O) groups excluding carboxylic acids is 1. The van der Waals surface area contributed by atoms with Crippen LogP contribution in [0.3, 0.4) is 0 Å². The number of fused-ring (bicyclic) bond motifs is 1. The Morgan fingerprint density at radius 2 is 1.95 bits per heavy atom. The van der Waals surface area contributed by atoms with Crippen LogP contribution >= 0.6 is 0 Å². The molecule has 3 rings (SSSR count). The molecule has 2 amide bonds. The molecular formula is C17H25N3O. The van der Waals surface area contributed by atoms with Crippen LogP contribution in [0.15, 0.2) is 24.3 Å². The Hall–Kier alpha value is -1.55. The molecule has 0 aliphatic carbocycles. The molecule has 2 N–H and O–H groups in total. The van der Waals surface area contributed by atoms with Gasteiger partial charge in [-0.05, 0) is 36.9 Å². The van der Waals surface area contributed by atoms with Gasteiger partial charge < -0.3 is 15.5 Å². The van der Waals surface area contributed by atoms with Gasteiger partial charge in [-0.15, -0.1) is 0 Å². The first-order valence-corrected chi connectivity index (χ1v) is 8.18. The molecule has 0 aromatic heterocycles. The van der Waals surface area contributed by atoms with Gasteiger partial charge in [0.25, 0.3) is 0 Å². The summed E-state index contributed by atoms with van der Waals surface area (Å²) in [4.78, 5) is 14.3. The van der Waals surface area contributed by atoms with Crippen molar-refractivity contribution >= 4 is 6.03 Å². The largest absolute Gasteiger partial charge is 0.336 e. The minimum absolute atomic E-state index is 0.0988. The monoisotopic (exact) mass is 287 g/mol. The fraction of sp³-hybridized carbons (Fsp3) is 0.588. The molecule has 0 saturated carbocycles. The smallest absolute Gasteiger partial charge is 0.317 e. The molecule has 1 unspecified atom stereocenters. The minimum Gasteiger partial charge on any atom is -0.336 e. The van der Waals surface area contributed by atoms with Crippen LogP contribution in [-0.4, -0.2) is 37.1 Å². The van der Waals surface area contributed by atoms with Crippen molar-refractivity contribution in [1.82, 2.24) is 15.5 Å². The second kappa shape index (κ2) is 6.94. The maximum absolute atomic E-state index is 12.3. The Labute approximate surface area is 126 Å². The number of carbonyl (C=O) groups is 1. The Bertz CT molecular complexity index is 481. The highest BCUT2D eigenvalue weighted by molar-refractivity contribution is 5.74. The van der Waals surface area contributed by atoms with Crippen molar-refractivity contribution in [2.45, 2.75) is 38.1 Å². The van der Waals surface area contributed by atoms with Crippen molar-refractivity contribution in [2.24, 2.45) is 0 Å². The van der Waals surface area contributed by atoms with Crippen LogP contribution in [0.4, 0.5) is 4.79 Å². The van der Waals surface area contributed by atoms with Crippen LogP contribution in [0.25, 0.3) is 0 Å². The molecule has 1 fully saturated rings. The number of hydrogen-bond acceptors (Lipinski definition) is 2. The average Bonchev–Trinajstić information content (AvgIpc) is 2.82. The van der Waals surface area contributed by atoms with Gasteiger partial charge in [0.2, 0.25) is 0 Å². The molecule has 0 spiro atoms. The molecule has 1 saturated heterocycles. The van der Waals surface area contributed by atoms with Gasteiger partial charge in [-0.25, -0.2) is 4.79 Å². The van der Waals surface area contributed by atoms with Gasteiger partial charge in [0.1, 0.15) is 0 Å². The van der Waals surface area contributed by atoms with Crippen molar-refractivity contribution in [1.29, 1.82) is 0 Å². The van der Waals surface area contributed by atoms with Crippen LogP contribution in [0, 0.1) is 0 Å². The summed E-state index contributed by atoms with van der Waals surface area (Å²) < 4.78 is 0. The molecule has 21 heavy (non-hydrogen) atoms. The first-order chi connectivity index (χ1) is 10.3. The van der Waals surface area contributed by atoms with E-state index in [-0.39, 0.29) is 12.1 Å². The molecule has 1 aromatic carbocycles. The summed E-state index contributed by atoms with van der Waals surface area (Å²) in [6.07, 6.45) is 5.85. The van der Waals surface area contributed by atoms with Crippen LogP contribution in [0.1, 0.15) is 42.9 Å². The first kappa shape index (κ1) is 14.4. The fourth-order valence-corrected chi connectivity index (χ4v) is 3.35. The van der Waals surface area contributed by atoms with Crippen molar-refractivity contribution in [3.8, 4) is 0 Å². The predicted octanol–water partition coefficient (Wildman–Crippen LogP) is 2.46.